The van der Waals surface area contributed by atoms with Crippen LogP contribution in [0.15, 0.2) is 57.6 Å². The van der Waals surface area contributed by atoms with E-state index in [1.165, 1.54) is 7.11 Å². The summed E-state index contributed by atoms with van der Waals surface area (Å²) in [6.45, 7) is 0. The van der Waals surface area contributed by atoms with Crippen molar-refractivity contribution in [1.29, 1.82) is 0 Å². The van der Waals surface area contributed by atoms with Crippen molar-refractivity contribution < 1.29 is 9.53 Å². The van der Waals surface area contributed by atoms with Crippen molar-refractivity contribution in [2.45, 2.75) is 0 Å². The van der Waals surface area contributed by atoms with Crippen LogP contribution in [-0.4, -0.2) is 23.1 Å². The summed E-state index contributed by atoms with van der Waals surface area (Å²) < 4.78 is 6.71. The molecule has 0 aliphatic heterocycles. The minimum atomic E-state index is -0.380. The summed E-state index contributed by atoms with van der Waals surface area (Å²) in [6.07, 6.45) is 1.71. The molecule has 2 N–H and O–H groups in total. The van der Waals surface area contributed by atoms with Crippen LogP contribution in [0.3, 0.4) is 0 Å². The standard InChI is InChI=1S/C18H13Br2N3O2S/c1-25-16-12(8-11(19)9-13(16)20)17(24)23-18(26)22-14-6-2-4-10-5-3-7-21-15(10)14/h2-9H,1H3,(H2,22,23,24,26). The third-order valence-corrected chi connectivity index (χ3v) is 4.82. The van der Waals surface area contributed by atoms with Gasteiger partial charge in [0.2, 0.25) is 0 Å². The number of halogens is 2. The van der Waals surface area contributed by atoms with Gasteiger partial charge in [0.15, 0.2) is 5.11 Å². The fraction of sp³-hybridized carbons (Fsp3) is 0.0556. The maximum absolute atomic E-state index is 12.6. The topological polar surface area (TPSA) is 63.2 Å². The second-order valence-electron chi connectivity index (χ2n) is 5.26. The highest BCUT2D eigenvalue weighted by molar-refractivity contribution is 9.11. The molecule has 2 aromatic carbocycles. The third kappa shape index (κ3) is 4.03. The highest BCUT2D eigenvalue weighted by atomic mass is 79.9. The predicted molar refractivity (Wildman–Crippen MR) is 114 cm³/mol. The average molecular weight is 495 g/mol. The van der Waals surface area contributed by atoms with Gasteiger partial charge in [-0.05, 0) is 52.4 Å². The van der Waals surface area contributed by atoms with E-state index in [0.29, 0.717) is 15.8 Å². The van der Waals surface area contributed by atoms with Crippen molar-refractivity contribution in [3.8, 4) is 5.75 Å². The van der Waals surface area contributed by atoms with Gasteiger partial charge in [-0.1, -0.05) is 34.1 Å². The van der Waals surface area contributed by atoms with Crippen LogP contribution in [-0.2, 0) is 0 Å². The number of thiocarbonyl (C=S) groups is 1. The number of aromatic nitrogens is 1. The number of pyridine rings is 1. The number of ether oxygens (including phenoxy) is 1. The Bertz CT molecular complexity index is 1010. The van der Waals surface area contributed by atoms with E-state index in [1.807, 2.05) is 30.3 Å². The van der Waals surface area contributed by atoms with Crippen molar-refractivity contribution in [2.24, 2.45) is 0 Å². The SMILES string of the molecule is COc1c(Br)cc(Br)cc1C(=O)NC(=S)Nc1cccc2cccnc12. The molecule has 1 aromatic heterocycles. The number of amides is 1. The minimum absolute atomic E-state index is 0.173. The Morgan fingerprint density at radius 2 is 1.96 bits per heavy atom. The zero-order chi connectivity index (χ0) is 18.7. The Hall–Kier alpha value is -2.03. The van der Waals surface area contributed by atoms with E-state index in [2.05, 4.69) is 47.5 Å². The fourth-order valence-corrected chi connectivity index (χ4v) is 4.06. The lowest BCUT2D eigenvalue weighted by atomic mass is 10.2. The lowest BCUT2D eigenvalue weighted by molar-refractivity contribution is 0.0974. The summed E-state index contributed by atoms with van der Waals surface area (Å²) in [5.74, 6) is 0.0508. The van der Waals surface area contributed by atoms with E-state index < -0.39 is 0 Å². The summed E-state index contributed by atoms with van der Waals surface area (Å²) in [7, 11) is 1.50. The van der Waals surface area contributed by atoms with Crippen LogP contribution in [0.4, 0.5) is 5.69 Å². The zero-order valence-electron chi connectivity index (χ0n) is 13.5. The van der Waals surface area contributed by atoms with Crippen LogP contribution >= 0.6 is 44.1 Å². The average Bonchev–Trinajstić information content (AvgIpc) is 2.61. The highest BCUT2D eigenvalue weighted by Gasteiger charge is 2.17. The Morgan fingerprint density at radius 1 is 1.19 bits per heavy atom. The van der Waals surface area contributed by atoms with Gasteiger partial charge in [-0.3, -0.25) is 15.1 Å². The van der Waals surface area contributed by atoms with Gasteiger partial charge in [0.25, 0.3) is 5.91 Å². The molecule has 0 unspecified atom stereocenters. The molecular weight excluding hydrogens is 482 g/mol. The first-order valence-corrected chi connectivity index (χ1v) is 9.48. The van der Waals surface area contributed by atoms with Gasteiger partial charge in [-0.15, -0.1) is 0 Å². The van der Waals surface area contributed by atoms with Gasteiger partial charge >= 0.3 is 0 Å². The Morgan fingerprint density at radius 3 is 2.73 bits per heavy atom. The van der Waals surface area contributed by atoms with E-state index in [-0.39, 0.29) is 11.0 Å². The van der Waals surface area contributed by atoms with Crippen molar-refractivity contribution in [3.05, 3.63) is 63.2 Å². The van der Waals surface area contributed by atoms with Gasteiger partial charge in [-0.25, -0.2) is 0 Å². The molecule has 8 heteroatoms. The quantitative estimate of drug-likeness (QED) is 0.507. The number of nitrogens with zero attached hydrogens (tertiary/aromatic N) is 1. The predicted octanol–water partition coefficient (Wildman–Crippen LogP) is 4.90. The largest absolute Gasteiger partial charge is 0.495 e. The number of carbonyl (C=O) groups excluding carboxylic acids is 1. The van der Waals surface area contributed by atoms with Gasteiger partial charge in [0.05, 0.1) is 28.4 Å². The Kier molecular flexibility index (Phi) is 5.85. The number of methoxy groups -OCH3 is 1. The van der Waals surface area contributed by atoms with Crippen LogP contribution in [0.5, 0.6) is 5.75 Å². The number of hydrogen-bond donors (Lipinski definition) is 2. The molecule has 5 nitrogen and oxygen atoms in total. The Balaban J connectivity index is 1.81. The molecule has 132 valence electrons. The molecule has 0 saturated heterocycles. The maximum Gasteiger partial charge on any atom is 0.261 e. The number of anilines is 1. The summed E-state index contributed by atoms with van der Waals surface area (Å²) in [5.41, 5.74) is 1.85. The van der Waals surface area contributed by atoms with Crippen LogP contribution in [0, 0.1) is 0 Å². The van der Waals surface area contributed by atoms with Crippen molar-refractivity contribution in [1.82, 2.24) is 10.3 Å². The molecule has 26 heavy (non-hydrogen) atoms. The Labute approximate surface area is 172 Å². The third-order valence-electron chi connectivity index (χ3n) is 3.57. The van der Waals surface area contributed by atoms with Crippen molar-refractivity contribution in [3.63, 3.8) is 0 Å². The summed E-state index contributed by atoms with van der Waals surface area (Å²) in [5, 5.41) is 6.84. The first kappa shape index (κ1) is 18.8. The van der Waals surface area contributed by atoms with Crippen LogP contribution in [0.25, 0.3) is 10.9 Å². The molecule has 0 bridgehead atoms. The van der Waals surface area contributed by atoms with Gasteiger partial charge in [0, 0.05) is 16.1 Å². The van der Waals surface area contributed by atoms with Crippen LogP contribution in [0.2, 0.25) is 0 Å². The molecule has 1 amide bonds. The van der Waals surface area contributed by atoms with E-state index in [1.54, 1.807) is 18.3 Å². The maximum atomic E-state index is 12.6. The second kappa shape index (κ2) is 8.11. The first-order valence-electron chi connectivity index (χ1n) is 7.48. The lowest BCUT2D eigenvalue weighted by Crippen LogP contribution is -2.34. The van der Waals surface area contributed by atoms with E-state index in [4.69, 9.17) is 17.0 Å². The molecule has 0 atom stereocenters. The zero-order valence-corrected chi connectivity index (χ0v) is 17.5. The molecule has 0 saturated carbocycles. The van der Waals surface area contributed by atoms with Crippen LogP contribution < -0.4 is 15.4 Å². The first-order chi connectivity index (χ1) is 12.5. The second-order valence-corrected chi connectivity index (χ2v) is 7.44. The number of para-hydroxylation sites is 1. The minimum Gasteiger partial charge on any atom is -0.495 e. The smallest absolute Gasteiger partial charge is 0.261 e. The molecule has 0 radical (unpaired) electrons. The van der Waals surface area contributed by atoms with Crippen molar-refractivity contribution in [2.75, 3.05) is 12.4 Å². The van der Waals surface area contributed by atoms with Crippen LogP contribution in [0.1, 0.15) is 10.4 Å². The molecule has 0 aliphatic rings. The van der Waals surface area contributed by atoms with Crippen molar-refractivity contribution >= 4 is 71.7 Å². The van der Waals surface area contributed by atoms with Gasteiger partial charge in [-0.2, -0.15) is 0 Å². The van der Waals surface area contributed by atoms with E-state index in [9.17, 15) is 4.79 Å². The normalized spacial score (nSPS) is 10.4. The number of nitrogens with one attached hydrogen (secondary N) is 2. The number of fused-ring (bicyclic) bond motifs is 1. The monoisotopic (exact) mass is 493 g/mol. The molecule has 0 aliphatic carbocycles. The molecule has 3 rings (SSSR count). The highest BCUT2D eigenvalue weighted by Crippen LogP contribution is 2.32. The molecule has 1 heterocycles. The fourth-order valence-electron chi connectivity index (χ4n) is 2.47. The molecule has 0 spiro atoms. The van der Waals surface area contributed by atoms with Gasteiger partial charge < -0.3 is 10.1 Å². The number of rotatable bonds is 3. The van der Waals surface area contributed by atoms with Gasteiger partial charge in [0.1, 0.15) is 5.75 Å². The summed E-state index contributed by atoms with van der Waals surface area (Å²) >= 11 is 12.0. The number of benzene rings is 2. The summed E-state index contributed by atoms with van der Waals surface area (Å²) in [4.78, 5) is 17.0. The van der Waals surface area contributed by atoms with E-state index >= 15 is 0 Å². The molecule has 0 fully saturated rings. The molecule has 3 aromatic rings. The van der Waals surface area contributed by atoms with E-state index in [0.717, 1.165) is 21.1 Å². The lowest BCUT2D eigenvalue weighted by Gasteiger charge is -2.14. The number of carbonyl (C=O) groups is 1. The summed E-state index contributed by atoms with van der Waals surface area (Å²) in [6, 6.07) is 13.0. The molecular formula is C18H13Br2N3O2S. The number of hydrogen-bond acceptors (Lipinski definition) is 4.